The predicted octanol–water partition coefficient (Wildman–Crippen LogP) is 3.00. The third-order valence-electron chi connectivity index (χ3n) is 3.64. The summed E-state index contributed by atoms with van der Waals surface area (Å²) in [5, 5.41) is 1.37. The number of hydrogen-bond donors (Lipinski definition) is 1. The number of thiophene rings is 1. The molecule has 2 heterocycles. The minimum absolute atomic E-state index is 0.352. The summed E-state index contributed by atoms with van der Waals surface area (Å²) in [6.45, 7) is 1.01. The molecule has 90 valence electrons. The average molecular weight is 246 g/mol. The molecule has 2 atom stereocenters. The molecule has 0 saturated carbocycles. The van der Waals surface area contributed by atoms with Gasteiger partial charge in [-0.1, -0.05) is 18.2 Å². The van der Waals surface area contributed by atoms with Gasteiger partial charge in [-0.05, 0) is 37.4 Å². The molecule has 2 aromatic rings. The first-order valence-corrected chi connectivity index (χ1v) is 7.00. The molecule has 1 saturated heterocycles. The van der Waals surface area contributed by atoms with E-state index in [4.69, 9.17) is 5.73 Å². The molecular weight excluding hydrogens is 228 g/mol. The van der Waals surface area contributed by atoms with Crippen LogP contribution < -0.4 is 5.73 Å². The maximum atomic E-state index is 6.00. The standard InChI is InChI=1S/C14H18N2S/c1-16-9-11(15)6-7-12(16)14-8-10-4-2-3-5-13(10)17-14/h2-5,8,11-12H,6-7,9,15H2,1H3. The maximum absolute atomic E-state index is 6.00. The topological polar surface area (TPSA) is 29.3 Å². The summed E-state index contributed by atoms with van der Waals surface area (Å²) >= 11 is 1.93. The largest absolute Gasteiger partial charge is 0.327 e. The lowest BCUT2D eigenvalue weighted by Gasteiger charge is -2.35. The van der Waals surface area contributed by atoms with Crippen LogP contribution in [0.1, 0.15) is 23.8 Å². The Labute approximate surface area is 106 Å². The molecular formula is C14H18N2S. The molecule has 1 aliphatic heterocycles. The maximum Gasteiger partial charge on any atom is 0.0440 e. The van der Waals surface area contributed by atoms with E-state index in [9.17, 15) is 0 Å². The van der Waals surface area contributed by atoms with Gasteiger partial charge in [0, 0.05) is 28.2 Å². The molecule has 2 nitrogen and oxygen atoms in total. The first kappa shape index (κ1) is 11.2. The lowest BCUT2D eigenvalue weighted by Crippen LogP contribution is -2.42. The number of hydrogen-bond acceptors (Lipinski definition) is 3. The van der Waals surface area contributed by atoms with E-state index in [2.05, 4.69) is 42.3 Å². The Hall–Kier alpha value is -0.900. The lowest BCUT2D eigenvalue weighted by molar-refractivity contribution is 0.172. The molecule has 0 radical (unpaired) electrons. The van der Waals surface area contributed by atoms with Crippen molar-refractivity contribution in [3.05, 3.63) is 35.2 Å². The van der Waals surface area contributed by atoms with E-state index in [1.54, 1.807) is 0 Å². The fraction of sp³-hybridized carbons (Fsp3) is 0.429. The van der Waals surface area contributed by atoms with Gasteiger partial charge in [0.1, 0.15) is 0 Å². The van der Waals surface area contributed by atoms with Crippen molar-refractivity contribution in [2.75, 3.05) is 13.6 Å². The molecule has 1 fully saturated rings. The van der Waals surface area contributed by atoms with Gasteiger partial charge in [-0.3, -0.25) is 4.90 Å². The molecule has 3 rings (SSSR count). The number of fused-ring (bicyclic) bond motifs is 1. The van der Waals surface area contributed by atoms with E-state index in [1.807, 2.05) is 11.3 Å². The van der Waals surface area contributed by atoms with Crippen LogP contribution in [0, 0.1) is 0 Å². The van der Waals surface area contributed by atoms with Crippen molar-refractivity contribution in [3.8, 4) is 0 Å². The van der Waals surface area contributed by atoms with Crippen LogP contribution in [0.25, 0.3) is 10.1 Å². The highest BCUT2D eigenvalue weighted by Gasteiger charge is 2.25. The van der Waals surface area contributed by atoms with Gasteiger partial charge in [0.2, 0.25) is 0 Å². The zero-order valence-corrected chi connectivity index (χ0v) is 10.9. The zero-order valence-electron chi connectivity index (χ0n) is 10.1. The Bertz CT molecular complexity index is 487. The first-order chi connectivity index (χ1) is 8.24. The minimum atomic E-state index is 0.352. The fourth-order valence-electron chi connectivity index (χ4n) is 2.71. The highest BCUT2D eigenvalue weighted by Crippen LogP contribution is 2.36. The van der Waals surface area contributed by atoms with E-state index in [1.165, 1.54) is 21.4 Å². The number of likely N-dealkylation sites (N-methyl/N-ethyl adjacent to an activating group) is 1. The van der Waals surface area contributed by atoms with Gasteiger partial charge in [0.25, 0.3) is 0 Å². The average Bonchev–Trinajstić information content (AvgIpc) is 2.72. The van der Waals surface area contributed by atoms with Crippen molar-refractivity contribution < 1.29 is 0 Å². The Kier molecular flexibility index (Phi) is 2.90. The summed E-state index contributed by atoms with van der Waals surface area (Å²) in [5.41, 5.74) is 6.00. The Balaban J connectivity index is 1.93. The summed E-state index contributed by atoms with van der Waals surface area (Å²) in [7, 11) is 2.19. The smallest absolute Gasteiger partial charge is 0.0440 e. The van der Waals surface area contributed by atoms with Crippen molar-refractivity contribution >= 4 is 21.4 Å². The molecule has 1 aromatic heterocycles. The number of rotatable bonds is 1. The molecule has 2 unspecified atom stereocenters. The van der Waals surface area contributed by atoms with E-state index < -0.39 is 0 Å². The summed E-state index contributed by atoms with van der Waals surface area (Å²) in [6.07, 6.45) is 2.33. The van der Waals surface area contributed by atoms with E-state index >= 15 is 0 Å². The second kappa shape index (κ2) is 4.41. The molecule has 17 heavy (non-hydrogen) atoms. The third kappa shape index (κ3) is 2.10. The van der Waals surface area contributed by atoms with Crippen LogP contribution in [-0.4, -0.2) is 24.5 Å². The molecule has 2 N–H and O–H groups in total. The van der Waals surface area contributed by atoms with Crippen LogP contribution in [-0.2, 0) is 0 Å². The van der Waals surface area contributed by atoms with Gasteiger partial charge < -0.3 is 5.73 Å². The number of piperidine rings is 1. The Morgan fingerprint density at radius 1 is 1.29 bits per heavy atom. The number of nitrogens with zero attached hydrogens (tertiary/aromatic N) is 1. The highest BCUT2D eigenvalue weighted by atomic mass is 32.1. The minimum Gasteiger partial charge on any atom is -0.327 e. The van der Waals surface area contributed by atoms with Crippen molar-refractivity contribution in [3.63, 3.8) is 0 Å². The van der Waals surface area contributed by atoms with Gasteiger partial charge in [-0.2, -0.15) is 0 Å². The van der Waals surface area contributed by atoms with Crippen molar-refractivity contribution in [1.29, 1.82) is 0 Å². The summed E-state index contributed by atoms with van der Waals surface area (Å²) in [5.74, 6) is 0. The summed E-state index contributed by atoms with van der Waals surface area (Å²) in [4.78, 5) is 3.89. The lowest BCUT2D eigenvalue weighted by atomic mass is 9.98. The Morgan fingerprint density at radius 3 is 2.88 bits per heavy atom. The van der Waals surface area contributed by atoms with Crippen LogP contribution >= 0.6 is 11.3 Å². The SMILES string of the molecule is CN1CC(N)CCC1c1cc2ccccc2s1. The van der Waals surface area contributed by atoms with Crippen LogP contribution in [0.2, 0.25) is 0 Å². The Morgan fingerprint density at radius 2 is 2.12 bits per heavy atom. The molecule has 0 aliphatic carbocycles. The molecule has 1 aromatic carbocycles. The van der Waals surface area contributed by atoms with E-state index in [0.717, 1.165) is 13.0 Å². The second-order valence-corrected chi connectivity index (χ2v) is 6.09. The third-order valence-corrected chi connectivity index (χ3v) is 4.86. The van der Waals surface area contributed by atoms with E-state index in [0.29, 0.717) is 12.1 Å². The number of nitrogens with two attached hydrogens (primary N) is 1. The molecule has 0 bridgehead atoms. The number of benzene rings is 1. The normalized spacial score (nSPS) is 26.5. The molecule has 0 spiro atoms. The summed E-state index contributed by atoms with van der Waals surface area (Å²) in [6, 6.07) is 11.9. The first-order valence-electron chi connectivity index (χ1n) is 6.18. The van der Waals surface area contributed by atoms with Crippen LogP contribution in [0.3, 0.4) is 0 Å². The molecule has 0 amide bonds. The van der Waals surface area contributed by atoms with Crippen LogP contribution in [0.4, 0.5) is 0 Å². The zero-order chi connectivity index (χ0) is 11.8. The van der Waals surface area contributed by atoms with Crippen molar-refractivity contribution in [2.24, 2.45) is 5.73 Å². The quantitative estimate of drug-likeness (QED) is 0.838. The predicted molar refractivity (Wildman–Crippen MR) is 74.4 cm³/mol. The van der Waals surface area contributed by atoms with Gasteiger partial charge >= 0.3 is 0 Å². The second-order valence-electron chi connectivity index (χ2n) is 4.98. The fourth-order valence-corrected chi connectivity index (χ4v) is 3.97. The number of likely N-dealkylation sites (tertiary alicyclic amines) is 1. The van der Waals surface area contributed by atoms with Crippen LogP contribution in [0.15, 0.2) is 30.3 Å². The van der Waals surface area contributed by atoms with Gasteiger partial charge in [0.05, 0.1) is 0 Å². The summed E-state index contributed by atoms with van der Waals surface area (Å²) < 4.78 is 1.39. The van der Waals surface area contributed by atoms with E-state index in [-0.39, 0.29) is 0 Å². The highest BCUT2D eigenvalue weighted by molar-refractivity contribution is 7.19. The van der Waals surface area contributed by atoms with Gasteiger partial charge in [0.15, 0.2) is 0 Å². The van der Waals surface area contributed by atoms with Crippen molar-refractivity contribution in [2.45, 2.75) is 24.9 Å². The van der Waals surface area contributed by atoms with Gasteiger partial charge in [-0.15, -0.1) is 11.3 Å². The van der Waals surface area contributed by atoms with Gasteiger partial charge in [-0.25, -0.2) is 0 Å². The molecule has 3 heteroatoms. The molecule has 1 aliphatic rings. The monoisotopic (exact) mass is 246 g/mol. The van der Waals surface area contributed by atoms with Crippen molar-refractivity contribution in [1.82, 2.24) is 4.90 Å². The van der Waals surface area contributed by atoms with Crippen LogP contribution in [0.5, 0.6) is 0 Å².